The van der Waals surface area contributed by atoms with Gasteiger partial charge in [-0.15, -0.1) is 0 Å². The first kappa shape index (κ1) is 20.8. The first-order chi connectivity index (χ1) is 11.2. The molecule has 0 spiro atoms. The molecular weight excluding hydrogens is 331 g/mol. The number of benzene rings is 1. The molecular formula is C17H27O6P. The summed E-state index contributed by atoms with van der Waals surface area (Å²) < 4.78 is 34.4. The maximum atomic E-state index is 13.0. The van der Waals surface area contributed by atoms with Gasteiger partial charge in [-0.2, -0.15) is 0 Å². The summed E-state index contributed by atoms with van der Waals surface area (Å²) in [5.74, 6) is -0.897. The lowest BCUT2D eigenvalue weighted by atomic mass is 9.97. The molecule has 1 aromatic carbocycles. The summed E-state index contributed by atoms with van der Waals surface area (Å²) in [6.45, 7) is 9.26. The van der Waals surface area contributed by atoms with E-state index in [1.165, 1.54) is 7.11 Å². The molecule has 0 fully saturated rings. The fraction of sp³-hybridized carbons (Fsp3) is 0.588. The first-order valence-corrected chi connectivity index (χ1v) is 9.53. The minimum absolute atomic E-state index is 0.232. The Morgan fingerprint density at radius 2 is 1.75 bits per heavy atom. The van der Waals surface area contributed by atoms with Crippen LogP contribution in [0.1, 0.15) is 46.0 Å². The highest BCUT2D eigenvalue weighted by Crippen LogP contribution is 2.61. The standard InChI is InChI=1S/C17H27O6P/c1-7-21-24(19,22-8-2)15(20-6)13-10-9-11-14(12-13)23-16(18)17(3,4)5/h9-12,15H,7-8H2,1-6H3. The van der Waals surface area contributed by atoms with Crippen molar-refractivity contribution in [3.05, 3.63) is 29.8 Å². The Morgan fingerprint density at radius 3 is 2.21 bits per heavy atom. The zero-order chi connectivity index (χ0) is 18.4. The minimum atomic E-state index is -3.50. The van der Waals surface area contributed by atoms with E-state index in [2.05, 4.69) is 0 Å². The van der Waals surface area contributed by atoms with E-state index in [1.807, 2.05) is 0 Å². The smallest absolute Gasteiger partial charge is 0.363 e. The lowest BCUT2D eigenvalue weighted by Crippen LogP contribution is -2.25. The van der Waals surface area contributed by atoms with Gasteiger partial charge < -0.3 is 18.5 Å². The fourth-order valence-corrected chi connectivity index (χ4v) is 3.82. The summed E-state index contributed by atoms with van der Waals surface area (Å²) in [6.07, 6.45) is 0. The molecule has 0 amide bonds. The van der Waals surface area contributed by atoms with Crippen LogP contribution in [0.4, 0.5) is 0 Å². The normalized spacial score (nSPS) is 13.6. The first-order valence-electron chi connectivity index (χ1n) is 7.91. The third-order valence-electron chi connectivity index (χ3n) is 3.09. The van der Waals surface area contributed by atoms with Crippen molar-refractivity contribution >= 4 is 13.6 Å². The zero-order valence-corrected chi connectivity index (χ0v) is 16.1. The van der Waals surface area contributed by atoms with Crippen molar-refractivity contribution in [2.75, 3.05) is 20.3 Å². The number of carbonyl (C=O) groups excluding carboxylic acids is 1. The van der Waals surface area contributed by atoms with Gasteiger partial charge in [0.05, 0.1) is 18.6 Å². The molecule has 0 N–H and O–H groups in total. The van der Waals surface area contributed by atoms with E-state index < -0.39 is 18.9 Å². The largest absolute Gasteiger partial charge is 0.426 e. The molecule has 0 aliphatic heterocycles. The van der Waals surface area contributed by atoms with Crippen LogP contribution in [-0.2, 0) is 23.1 Å². The number of hydrogen-bond acceptors (Lipinski definition) is 6. The van der Waals surface area contributed by atoms with Gasteiger partial charge in [0, 0.05) is 7.11 Å². The van der Waals surface area contributed by atoms with Crippen LogP contribution in [0, 0.1) is 5.41 Å². The van der Waals surface area contributed by atoms with Crippen LogP contribution in [0.2, 0.25) is 0 Å². The molecule has 136 valence electrons. The highest BCUT2D eigenvalue weighted by atomic mass is 31.2. The Bertz CT molecular complexity index is 583. The number of hydrogen-bond donors (Lipinski definition) is 0. The average Bonchev–Trinajstić information content (AvgIpc) is 2.47. The molecule has 7 heteroatoms. The van der Waals surface area contributed by atoms with Crippen LogP contribution in [0.15, 0.2) is 24.3 Å². The number of esters is 1. The quantitative estimate of drug-likeness (QED) is 0.386. The van der Waals surface area contributed by atoms with Crippen molar-refractivity contribution in [3.63, 3.8) is 0 Å². The van der Waals surface area contributed by atoms with Crippen molar-refractivity contribution in [1.82, 2.24) is 0 Å². The molecule has 1 rings (SSSR count). The molecule has 0 saturated carbocycles. The summed E-state index contributed by atoms with van der Waals surface area (Å²) in [5, 5.41) is 0. The zero-order valence-electron chi connectivity index (χ0n) is 15.2. The van der Waals surface area contributed by atoms with Crippen molar-refractivity contribution < 1.29 is 27.9 Å². The predicted molar refractivity (Wildman–Crippen MR) is 92.1 cm³/mol. The van der Waals surface area contributed by atoms with Gasteiger partial charge in [-0.1, -0.05) is 12.1 Å². The van der Waals surface area contributed by atoms with Crippen LogP contribution in [-0.4, -0.2) is 26.3 Å². The molecule has 0 saturated heterocycles. The number of carbonyl (C=O) groups is 1. The van der Waals surface area contributed by atoms with Gasteiger partial charge >= 0.3 is 13.6 Å². The molecule has 0 radical (unpaired) electrons. The van der Waals surface area contributed by atoms with Crippen LogP contribution >= 0.6 is 7.60 Å². The molecule has 1 atom stereocenters. The number of methoxy groups -OCH3 is 1. The van der Waals surface area contributed by atoms with Crippen molar-refractivity contribution in [2.45, 2.75) is 40.5 Å². The van der Waals surface area contributed by atoms with Gasteiger partial charge in [-0.05, 0) is 52.3 Å². The van der Waals surface area contributed by atoms with E-state index in [-0.39, 0.29) is 19.2 Å². The third-order valence-corrected chi connectivity index (χ3v) is 5.41. The van der Waals surface area contributed by atoms with Crippen molar-refractivity contribution in [2.24, 2.45) is 5.41 Å². The fourth-order valence-electron chi connectivity index (χ4n) is 1.97. The summed E-state index contributed by atoms with van der Waals surface area (Å²) in [6, 6.07) is 6.71. The summed E-state index contributed by atoms with van der Waals surface area (Å²) in [4.78, 5) is 12.0. The second-order valence-electron chi connectivity index (χ2n) is 6.18. The number of rotatable bonds is 8. The van der Waals surface area contributed by atoms with Gasteiger partial charge in [0.25, 0.3) is 0 Å². The molecule has 6 nitrogen and oxygen atoms in total. The second kappa shape index (κ2) is 8.77. The topological polar surface area (TPSA) is 71.1 Å². The Hall–Kier alpha value is -1.20. The van der Waals surface area contributed by atoms with Gasteiger partial charge in [0.1, 0.15) is 5.75 Å². The van der Waals surface area contributed by atoms with E-state index in [1.54, 1.807) is 58.9 Å². The molecule has 0 heterocycles. The predicted octanol–water partition coefficient (Wildman–Crippen LogP) is 4.55. The van der Waals surface area contributed by atoms with Crippen LogP contribution in [0.5, 0.6) is 5.75 Å². The van der Waals surface area contributed by atoms with Crippen LogP contribution < -0.4 is 4.74 Å². The highest BCUT2D eigenvalue weighted by Gasteiger charge is 2.37. The van der Waals surface area contributed by atoms with Crippen molar-refractivity contribution in [3.8, 4) is 5.75 Å². The molecule has 0 aliphatic carbocycles. The Balaban J connectivity index is 3.13. The maximum absolute atomic E-state index is 13.0. The Labute approximate surface area is 144 Å². The molecule has 0 bridgehead atoms. The van der Waals surface area contributed by atoms with Gasteiger partial charge in [0.15, 0.2) is 5.85 Å². The van der Waals surface area contributed by atoms with E-state index in [4.69, 9.17) is 18.5 Å². The summed E-state index contributed by atoms with van der Waals surface area (Å²) >= 11 is 0. The summed E-state index contributed by atoms with van der Waals surface area (Å²) in [5.41, 5.74) is -0.0651. The Kier molecular flexibility index (Phi) is 7.61. The highest BCUT2D eigenvalue weighted by molar-refractivity contribution is 7.54. The second-order valence-corrected chi connectivity index (χ2v) is 8.24. The van der Waals surface area contributed by atoms with Crippen molar-refractivity contribution in [1.29, 1.82) is 0 Å². The molecule has 0 aliphatic rings. The average molecular weight is 358 g/mol. The lowest BCUT2D eigenvalue weighted by molar-refractivity contribution is -0.143. The van der Waals surface area contributed by atoms with E-state index in [0.717, 1.165) is 0 Å². The SMILES string of the molecule is CCOP(=O)(OCC)C(OC)c1cccc(OC(=O)C(C)(C)C)c1. The van der Waals surface area contributed by atoms with Crippen LogP contribution in [0.3, 0.4) is 0 Å². The molecule has 0 aromatic heterocycles. The number of ether oxygens (including phenoxy) is 2. The molecule has 1 aromatic rings. The van der Waals surface area contributed by atoms with Gasteiger partial charge in [0.2, 0.25) is 0 Å². The van der Waals surface area contributed by atoms with Crippen LogP contribution in [0.25, 0.3) is 0 Å². The molecule has 24 heavy (non-hydrogen) atoms. The van der Waals surface area contributed by atoms with Gasteiger partial charge in [-0.25, -0.2) is 0 Å². The monoisotopic (exact) mass is 358 g/mol. The van der Waals surface area contributed by atoms with Gasteiger partial charge in [-0.3, -0.25) is 9.36 Å². The van der Waals surface area contributed by atoms with E-state index in [0.29, 0.717) is 11.3 Å². The van der Waals surface area contributed by atoms with E-state index in [9.17, 15) is 9.36 Å². The molecule has 1 unspecified atom stereocenters. The minimum Gasteiger partial charge on any atom is -0.426 e. The lowest BCUT2D eigenvalue weighted by Gasteiger charge is -2.25. The van der Waals surface area contributed by atoms with E-state index >= 15 is 0 Å². The third kappa shape index (κ3) is 5.42. The Morgan fingerprint density at radius 1 is 1.17 bits per heavy atom. The summed E-state index contributed by atoms with van der Waals surface area (Å²) in [7, 11) is -2.07. The maximum Gasteiger partial charge on any atom is 0.363 e.